The van der Waals surface area contributed by atoms with Gasteiger partial charge in [-0.15, -0.1) is 0 Å². The number of H-pyrrole nitrogens is 2. The summed E-state index contributed by atoms with van der Waals surface area (Å²) in [6.45, 7) is 4.21. The molecule has 3 heterocycles. The molecule has 0 radical (unpaired) electrons. The minimum Gasteiger partial charge on any atom is -0.351 e. The molecule has 0 unspecified atom stereocenters. The molecule has 0 spiro atoms. The first-order chi connectivity index (χ1) is 14.1. The van der Waals surface area contributed by atoms with E-state index in [1.54, 1.807) is 4.68 Å². The van der Waals surface area contributed by atoms with Crippen molar-refractivity contribution in [3.05, 3.63) is 74.1 Å². The molecule has 0 saturated heterocycles. The van der Waals surface area contributed by atoms with Crippen LogP contribution in [0.4, 0.5) is 5.95 Å². The van der Waals surface area contributed by atoms with Crippen LogP contribution in [0.5, 0.6) is 0 Å². The Morgan fingerprint density at radius 3 is 2.55 bits per heavy atom. The van der Waals surface area contributed by atoms with Crippen LogP contribution < -0.4 is 16.4 Å². The Balaban J connectivity index is 1.72. The summed E-state index contributed by atoms with van der Waals surface area (Å²) in [6.07, 6.45) is 2.92. The monoisotopic (exact) mass is 391 g/mol. The topological polar surface area (TPSA) is 121 Å². The Hall–Kier alpha value is -3.75. The SMILES string of the molecule is CCc1n[nH]c(=O)c(CNc2nc3c(cnn3-c3ccccc3)c(=O)[nH]2)c1CC. The van der Waals surface area contributed by atoms with E-state index in [2.05, 4.69) is 30.6 Å². The molecular weight excluding hydrogens is 370 g/mol. The largest absolute Gasteiger partial charge is 0.351 e. The molecule has 0 fully saturated rings. The van der Waals surface area contributed by atoms with Crippen LogP contribution in [0.15, 0.2) is 46.1 Å². The van der Waals surface area contributed by atoms with E-state index in [4.69, 9.17) is 0 Å². The number of hydrogen-bond donors (Lipinski definition) is 3. The molecular formula is C20H21N7O2. The summed E-state index contributed by atoms with van der Waals surface area (Å²) in [7, 11) is 0. The average Bonchev–Trinajstić information content (AvgIpc) is 3.17. The second-order valence-corrected chi connectivity index (χ2v) is 6.56. The number of aromatic amines is 2. The highest BCUT2D eigenvalue weighted by Gasteiger charge is 2.14. The van der Waals surface area contributed by atoms with Gasteiger partial charge in [-0.1, -0.05) is 32.0 Å². The molecule has 0 aliphatic rings. The number of para-hydroxylation sites is 1. The van der Waals surface area contributed by atoms with Crippen LogP contribution >= 0.6 is 0 Å². The Morgan fingerprint density at radius 2 is 1.83 bits per heavy atom. The first kappa shape index (κ1) is 18.6. The summed E-state index contributed by atoms with van der Waals surface area (Å²) >= 11 is 0. The van der Waals surface area contributed by atoms with E-state index in [9.17, 15) is 9.59 Å². The van der Waals surface area contributed by atoms with Crippen molar-refractivity contribution in [3.63, 3.8) is 0 Å². The maximum atomic E-state index is 12.5. The van der Waals surface area contributed by atoms with Crippen molar-refractivity contribution >= 4 is 17.0 Å². The van der Waals surface area contributed by atoms with E-state index >= 15 is 0 Å². The van der Waals surface area contributed by atoms with E-state index in [0.29, 0.717) is 23.0 Å². The number of anilines is 1. The summed E-state index contributed by atoms with van der Waals surface area (Å²) in [5.41, 5.74) is 3.08. The predicted molar refractivity (Wildman–Crippen MR) is 110 cm³/mol. The van der Waals surface area contributed by atoms with Crippen LogP contribution in [0.1, 0.15) is 30.7 Å². The molecule has 9 heteroatoms. The normalized spacial score (nSPS) is 11.1. The lowest BCUT2D eigenvalue weighted by Gasteiger charge is -2.11. The molecule has 4 rings (SSSR count). The highest BCUT2D eigenvalue weighted by atomic mass is 16.1. The van der Waals surface area contributed by atoms with Gasteiger partial charge in [0.2, 0.25) is 5.95 Å². The second kappa shape index (κ2) is 7.70. The van der Waals surface area contributed by atoms with Crippen LogP contribution in [0.3, 0.4) is 0 Å². The van der Waals surface area contributed by atoms with Gasteiger partial charge < -0.3 is 5.32 Å². The van der Waals surface area contributed by atoms with Crippen LogP contribution in [0.25, 0.3) is 16.7 Å². The van der Waals surface area contributed by atoms with Crippen LogP contribution in [-0.2, 0) is 19.4 Å². The molecule has 9 nitrogen and oxygen atoms in total. The van der Waals surface area contributed by atoms with Gasteiger partial charge in [-0.2, -0.15) is 15.2 Å². The van der Waals surface area contributed by atoms with Crippen LogP contribution in [0.2, 0.25) is 0 Å². The number of nitrogens with one attached hydrogen (secondary N) is 3. The van der Waals surface area contributed by atoms with Crippen LogP contribution in [0, 0.1) is 0 Å². The molecule has 148 valence electrons. The van der Waals surface area contributed by atoms with E-state index in [1.807, 2.05) is 44.2 Å². The molecule has 29 heavy (non-hydrogen) atoms. The fraction of sp³-hybridized carbons (Fsp3) is 0.250. The lowest BCUT2D eigenvalue weighted by Crippen LogP contribution is -2.23. The summed E-state index contributed by atoms with van der Waals surface area (Å²) in [5, 5.41) is 14.4. The maximum Gasteiger partial charge on any atom is 0.269 e. The number of aryl methyl sites for hydroxylation is 1. The number of rotatable bonds is 6. The van der Waals surface area contributed by atoms with Crippen molar-refractivity contribution in [2.45, 2.75) is 33.2 Å². The van der Waals surface area contributed by atoms with Gasteiger partial charge in [-0.3, -0.25) is 14.6 Å². The van der Waals surface area contributed by atoms with Gasteiger partial charge in [0.05, 0.1) is 17.6 Å². The lowest BCUT2D eigenvalue weighted by atomic mass is 10.0. The lowest BCUT2D eigenvalue weighted by molar-refractivity contribution is 0.824. The zero-order valence-corrected chi connectivity index (χ0v) is 16.2. The van der Waals surface area contributed by atoms with Crippen molar-refractivity contribution in [2.24, 2.45) is 0 Å². The zero-order chi connectivity index (χ0) is 20.4. The van der Waals surface area contributed by atoms with Crippen LogP contribution in [-0.4, -0.2) is 29.9 Å². The Morgan fingerprint density at radius 1 is 1.03 bits per heavy atom. The zero-order valence-electron chi connectivity index (χ0n) is 16.2. The summed E-state index contributed by atoms with van der Waals surface area (Å²) in [6, 6.07) is 9.47. The summed E-state index contributed by atoms with van der Waals surface area (Å²) in [4.78, 5) is 32.0. The van der Waals surface area contributed by atoms with Crippen molar-refractivity contribution in [1.29, 1.82) is 0 Å². The molecule has 0 bridgehead atoms. The third kappa shape index (κ3) is 3.42. The van der Waals surface area contributed by atoms with Gasteiger partial charge in [0.15, 0.2) is 5.65 Å². The van der Waals surface area contributed by atoms with Crippen molar-refractivity contribution < 1.29 is 0 Å². The Bertz CT molecular complexity index is 1270. The molecule has 0 amide bonds. The van der Waals surface area contributed by atoms with E-state index in [1.165, 1.54) is 6.20 Å². The fourth-order valence-electron chi connectivity index (χ4n) is 3.39. The van der Waals surface area contributed by atoms with E-state index < -0.39 is 0 Å². The van der Waals surface area contributed by atoms with E-state index in [-0.39, 0.29) is 23.6 Å². The molecule has 0 aliphatic carbocycles. The van der Waals surface area contributed by atoms with Gasteiger partial charge in [0.1, 0.15) is 5.39 Å². The highest BCUT2D eigenvalue weighted by Crippen LogP contribution is 2.15. The summed E-state index contributed by atoms with van der Waals surface area (Å²) < 4.78 is 1.61. The molecule has 0 aliphatic heterocycles. The molecule has 0 atom stereocenters. The number of benzene rings is 1. The van der Waals surface area contributed by atoms with Gasteiger partial charge in [-0.25, -0.2) is 9.78 Å². The summed E-state index contributed by atoms with van der Waals surface area (Å²) in [5.74, 6) is 0.275. The molecule has 3 aromatic heterocycles. The number of fused-ring (bicyclic) bond motifs is 1. The van der Waals surface area contributed by atoms with Crippen molar-refractivity contribution in [3.8, 4) is 5.69 Å². The second-order valence-electron chi connectivity index (χ2n) is 6.56. The smallest absolute Gasteiger partial charge is 0.269 e. The number of hydrogen-bond acceptors (Lipinski definition) is 6. The quantitative estimate of drug-likeness (QED) is 0.462. The van der Waals surface area contributed by atoms with Gasteiger partial charge >= 0.3 is 0 Å². The number of nitrogens with zero attached hydrogens (tertiary/aromatic N) is 4. The molecule has 0 saturated carbocycles. The fourth-order valence-corrected chi connectivity index (χ4v) is 3.39. The van der Waals surface area contributed by atoms with Gasteiger partial charge in [0.25, 0.3) is 11.1 Å². The third-order valence-corrected chi connectivity index (χ3v) is 4.84. The highest BCUT2D eigenvalue weighted by molar-refractivity contribution is 5.76. The minimum atomic E-state index is -0.298. The third-order valence-electron chi connectivity index (χ3n) is 4.84. The molecule has 3 N–H and O–H groups in total. The van der Waals surface area contributed by atoms with E-state index in [0.717, 1.165) is 23.4 Å². The predicted octanol–water partition coefficient (Wildman–Crippen LogP) is 1.93. The van der Waals surface area contributed by atoms with Gasteiger partial charge in [-0.05, 0) is 30.5 Å². The van der Waals surface area contributed by atoms with Crippen molar-refractivity contribution in [1.82, 2.24) is 29.9 Å². The molecule has 4 aromatic rings. The maximum absolute atomic E-state index is 12.5. The minimum absolute atomic E-state index is 0.224. The average molecular weight is 391 g/mol. The number of aromatic nitrogens is 6. The first-order valence-corrected chi connectivity index (χ1v) is 9.49. The standard InChI is InChI=1S/C20H21N7O2/c1-3-13-14(19(29)26-25-16(13)4-2)10-21-20-23-17-15(18(28)24-20)11-22-27(17)12-8-6-5-7-9-12/h5-9,11H,3-4,10H2,1-2H3,(H,26,29)(H2,21,23,24,28). The van der Waals surface area contributed by atoms with Crippen molar-refractivity contribution in [2.75, 3.05) is 5.32 Å². The molecule has 1 aromatic carbocycles. The van der Waals surface area contributed by atoms with Gasteiger partial charge in [0, 0.05) is 12.1 Å². The first-order valence-electron chi connectivity index (χ1n) is 9.49. The Labute approximate surface area is 165 Å². The Kier molecular flexibility index (Phi) is 4.94.